The summed E-state index contributed by atoms with van der Waals surface area (Å²) in [5, 5.41) is 0. The van der Waals surface area contributed by atoms with E-state index >= 15 is 0 Å². The van der Waals surface area contributed by atoms with Crippen LogP contribution in [-0.4, -0.2) is 25.8 Å². The van der Waals surface area contributed by atoms with Gasteiger partial charge in [0.25, 0.3) is 0 Å². The zero-order valence-electron chi connectivity index (χ0n) is 7.41. The molecule has 12 heavy (non-hydrogen) atoms. The Labute approximate surface area is 72.4 Å². The van der Waals surface area contributed by atoms with Crippen LogP contribution in [0.2, 0.25) is 0 Å². The van der Waals surface area contributed by atoms with Crippen LogP contribution >= 0.6 is 0 Å². The SMILES string of the molecule is C=C(/C=C\C=NCC)C(=O)OC. The summed E-state index contributed by atoms with van der Waals surface area (Å²) in [4.78, 5) is 14.7. The zero-order chi connectivity index (χ0) is 9.40. The van der Waals surface area contributed by atoms with Crippen LogP contribution in [0, 0.1) is 0 Å². The Bertz CT molecular complexity index is 217. The third-order valence-corrected chi connectivity index (χ3v) is 1.12. The summed E-state index contributed by atoms with van der Waals surface area (Å²) in [5.41, 5.74) is 0.319. The van der Waals surface area contributed by atoms with Crippen LogP contribution in [0.25, 0.3) is 0 Å². The molecule has 0 rings (SSSR count). The van der Waals surface area contributed by atoms with E-state index in [0.29, 0.717) is 5.57 Å². The fourth-order valence-electron chi connectivity index (χ4n) is 0.525. The molecule has 0 aliphatic rings. The van der Waals surface area contributed by atoms with Gasteiger partial charge in [0.15, 0.2) is 0 Å². The number of carbonyl (C=O) groups excluding carboxylic acids is 1. The minimum Gasteiger partial charge on any atom is -0.465 e. The van der Waals surface area contributed by atoms with E-state index < -0.39 is 5.97 Å². The summed E-state index contributed by atoms with van der Waals surface area (Å²) >= 11 is 0. The van der Waals surface area contributed by atoms with E-state index in [1.165, 1.54) is 7.11 Å². The molecular weight excluding hydrogens is 154 g/mol. The topological polar surface area (TPSA) is 38.7 Å². The van der Waals surface area contributed by atoms with Crippen LogP contribution in [0.5, 0.6) is 0 Å². The Morgan fingerprint density at radius 3 is 2.83 bits per heavy atom. The van der Waals surface area contributed by atoms with Gasteiger partial charge in [-0.1, -0.05) is 6.58 Å². The number of rotatable bonds is 4. The summed E-state index contributed by atoms with van der Waals surface area (Å²) in [6.07, 6.45) is 4.84. The predicted molar refractivity (Wildman–Crippen MR) is 49.3 cm³/mol. The number of esters is 1. The summed E-state index contributed by atoms with van der Waals surface area (Å²) in [7, 11) is 1.32. The Kier molecular flexibility index (Phi) is 5.61. The maximum Gasteiger partial charge on any atom is 0.337 e. The molecule has 0 aliphatic heterocycles. The van der Waals surface area contributed by atoms with Crippen molar-refractivity contribution in [2.75, 3.05) is 13.7 Å². The molecule has 0 aromatic heterocycles. The highest BCUT2D eigenvalue weighted by atomic mass is 16.5. The van der Waals surface area contributed by atoms with Crippen molar-refractivity contribution in [2.24, 2.45) is 4.99 Å². The third-order valence-electron chi connectivity index (χ3n) is 1.12. The summed E-state index contributed by atoms with van der Waals surface area (Å²) in [5.74, 6) is -0.420. The van der Waals surface area contributed by atoms with Crippen LogP contribution in [0.3, 0.4) is 0 Å². The third kappa shape index (κ3) is 4.44. The molecule has 0 saturated carbocycles. The van der Waals surface area contributed by atoms with E-state index in [1.54, 1.807) is 18.4 Å². The number of nitrogens with zero attached hydrogens (tertiary/aromatic N) is 1. The lowest BCUT2D eigenvalue weighted by molar-refractivity contribution is -0.135. The van der Waals surface area contributed by atoms with Crippen molar-refractivity contribution < 1.29 is 9.53 Å². The lowest BCUT2D eigenvalue weighted by Crippen LogP contribution is -2.00. The Hall–Kier alpha value is -1.38. The quantitative estimate of drug-likeness (QED) is 0.274. The predicted octanol–water partition coefficient (Wildman–Crippen LogP) is 1.36. The lowest BCUT2D eigenvalue weighted by Gasteiger charge is -1.94. The maximum absolute atomic E-state index is 10.8. The van der Waals surface area contributed by atoms with E-state index in [-0.39, 0.29) is 0 Å². The second-order valence-corrected chi connectivity index (χ2v) is 2.02. The van der Waals surface area contributed by atoms with Crippen molar-refractivity contribution >= 4 is 12.2 Å². The van der Waals surface area contributed by atoms with E-state index in [4.69, 9.17) is 0 Å². The van der Waals surface area contributed by atoms with Gasteiger partial charge in [-0.2, -0.15) is 0 Å². The van der Waals surface area contributed by atoms with Gasteiger partial charge < -0.3 is 4.74 Å². The highest BCUT2D eigenvalue weighted by Gasteiger charge is 1.99. The van der Waals surface area contributed by atoms with E-state index in [9.17, 15) is 4.79 Å². The van der Waals surface area contributed by atoms with Gasteiger partial charge >= 0.3 is 5.97 Å². The number of aliphatic imine (C=N–C) groups is 1. The minimum atomic E-state index is -0.420. The summed E-state index contributed by atoms with van der Waals surface area (Å²) in [6.45, 7) is 6.16. The van der Waals surface area contributed by atoms with Crippen LogP contribution in [0.4, 0.5) is 0 Å². The molecule has 0 spiro atoms. The number of allylic oxidation sites excluding steroid dienone is 1. The van der Waals surface area contributed by atoms with Crippen molar-refractivity contribution in [3.05, 3.63) is 24.3 Å². The lowest BCUT2D eigenvalue weighted by atomic mass is 10.3. The monoisotopic (exact) mass is 167 g/mol. The Morgan fingerprint density at radius 1 is 1.67 bits per heavy atom. The first-order valence-corrected chi connectivity index (χ1v) is 3.66. The molecule has 0 radical (unpaired) electrons. The number of hydrogen-bond acceptors (Lipinski definition) is 3. The molecule has 0 saturated heterocycles. The fourth-order valence-corrected chi connectivity index (χ4v) is 0.525. The Balaban J connectivity index is 3.91. The number of hydrogen-bond donors (Lipinski definition) is 0. The van der Waals surface area contributed by atoms with Crippen molar-refractivity contribution in [3.8, 4) is 0 Å². The number of methoxy groups -OCH3 is 1. The van der Waals surface area contributed by atoms with Gasteiger partial charge in [0, 0.05) is 12.8 Å². The molecule has 0 aromatic rings. The zero-order valence-corrected chi connectivity index (χ0v) is 7.41. The first kappa shape index (κ1) is 10.6. The minimum absolute atomic E-state index is 0.319. The Morgan fingerprint density at radius 2 is 2.33 bits per heavy atom. The molecule has 3 heteroatoms. The van der Waals surface area contributed by atoms with E-state index in [0.717, 1.165) is 6.54 Å². The van der Waals surface area contributed by atoms with Crippen LogP contribution in [-0.2, 0) is 9.53 Å². The second kappa shape index (κ2) is 6.34. The molecule has 3 nitrogen and oxygen atoms in total. The maximum atomic E-state index is 10.8. The molecule has 0 N–H and O–H groups in total. The average molecular weight is 167 g/mol. The first-order chi connectivity index (χ1) is 5.72. The molecule has 0 heterocycles. The molecule has 0 atom stereocenters. The standard InChI is InChI=1S/C9H13NO2/c1-4-10-7-5-6-8(2)9(11)12-3/h5-7H,2,4H2,1,3H3/b6-5-,10-7?. The highest BCUT2D eigenvalue weighted by molar-refractivity contribution is 5.91. The molecule has 0 unspecified atom stereocenters. The molecule has 0 bridgehead atoms. The number of ether oxygens (including phenoxy) is 1. The molecule has 0 aliphatic carbocycles. The largest absolute Gasteiger partial charge is 0.465 e. The van der Waals surface area contributed by atoms with Gasteiger partial charge in [-0.3, -0.25) is 4.99 Å². The smallest absolute Gasteiger partial charge is 0.337 e. The van der Waals surface area contributed by atoms with Gasteiger partial charge in [0.05, 0.1) is 12.7 Å². The molecule has 66 valence electrons. The average Bonchev–Trinajstić information content (AvgIpc) is 2.10. The number of carbonyl (C=O) groups is 1. The second-order valence-electron chi connectivity index (χ2n) is 2.02. The van der Waals surface area contributed by atoms with E-state index in [1.807, 2.05) is 6.92 Å². The van der Waals surface area contributed by atoms with Crippen molar-refractivity contribution in [1.29, 1.82) is 0 Å². The van der Waals surface area contributed by atoms with Gasteiger partial charge in [-0.15, -0.1) is 0 Å². The van der Waals surface area contributed by atoms with Gasteiger partial charge in [-0.25, -0.2) is 4.79 Å². The van der Waals surface area contributed by atoms with Crippen molar-refractivity contribution in [1.82, 2.24) is 0 Å². The van der Waals surface area contributed by atoms with Crippen molar-refractivity contribution in [2.45, 2.75) is 6.92 Å². The molecule has 0 aromatic carbocycles. The molecule has 0 fully saturated rings. The van der Waals surface area contributed by atoms with Gasteiger partial charge in [0.1, 0.15) is 0 Å². The van der Waals surface area contributed by atoms with Gasteiger partial charge in [0.2, 0.25) is 0 Å². The summed E-state index contributed by atoms with van der Waals surface area (Å²) in [6, 6.07) is 0. The normalized spacial score (nSPS) is 10.8. The highest BCUT2D eigenvalue weighted by Crippen LogP contribution is 1.94. The molecular formula is C9H13NO2. The summed E-state index contributed by atoms with van der Waals surface area (Å²) < 4.78 is 4.43. The van der Waals surface area contributed by atoms with Gasteiger partial charge in [-0.05, 0) is 19.1 Å². The van der Waals surface area contributed by atoms with E-state index in [2.05, 4.69) is 16.3 Å². The fraction of sp³-hybridized carbons (Fsp3) is 0.333. The van der Waals surface area contributed by atoms with Crippen molar-refractivity contribution in [3.63, 3.8) is 0 Å². The molecule has 0 amide bonds. The van der Waals surface area contributed by atoms with Crippen LogP contribution in [0.1, 0.15) is 6.92 Å². The van der Waals surface area contributed by atoms with Crippen LogP contribution in [0.15, 0.2) is 29.3 Å². The first-order valence-electron chi connectivity index (χ1n) is 3.66. The van der Waals surface area contributed by atoms with Crippen LogP contribution < -0.4 is 0 Å².